The lowest BCUT2D eigenvalue weighted by atomic mass is 10.1. The number of hydrogen-bond acceptors (Lipinski definition) is 4. The molecule has 2 rings (SSSR count). The highest BCUT2D eigenvalue weighted by atomic mass is 16.5. The molecule has 0 aliphatic rings. The van der Waals surface area contributed by atoms with Crippen LogP contribution in [0.4, 0.5) is 5.69 Å². The molecule has 1 aromatic heterocycles. The molecule has 0 saturated heterocycles. The molecule has 0 fully saturated rings. The van der Waals surface area contributed by atoms with Crippen LogP contribution < -0.4 is 15.4 Å². The number of hydrogen-bond donors (Lipinski definition) is 2. The van der Waals surface area contributed by atoms with E-state index in [-0.39, 0.29) is 18.0 Å². The number of fused-ring (bicyclic) bond motifs is 1. The molecule has 0 bridgehead atoms. The quantitative estimate of drug-likeness (QED) is 0.887. The lowest BCUT2D eigenvalue weighted by molar-refractivity contribution is -0.122. The van der Waals surface area contributed by atoms with Crippen LogP contribution in [0.2, 0.25) is 0 Å². The first-order valence-corrected chi connectivity index (χ1v) is 7.01. The standard InChI is InChI=1S/C16H21N3O2/c1-10(2)18-16(20)11(3)19-13-8-9-17-15-12(13)6-5-7-14(15)21-4/h5-11H,1-4H3,(H,17,19)(H,18,20)/t11-/m1/s1. The molecule has 0 spiro atoms. The molecule has 112 valence electrons. The van der Waals surface area contributed by atoms with E-state index in [1.54, 1.807) is 13.3 Å². The van der Waals surface area contributed by atoms with Crippen molar-refractivity contribution in [3.63, 3.8) is 0 Å². The Morgan fingerprint density at radius 1 is 1.24 bits per heavy atom. The van der Waals surface area contributed by atoms with Crippen LogP contribution in [0.15, 0.2) is 30.5 Å². The maximum Gasteiger partial charge on any atom is 0.242 e. The number of rotatable bonds is 5. The second kappa shape index (κ2) is 6.43. The van der Waals surface area contributed by atoms with Crippen molar-refractivity contribution in [1.82, 2.24) is 10.3 Å². The summed E-state index contributed by atoms with van der Waals surface area (Å²) in [6.07, 6.45) is 1.71. The maximum atomic E-state index is 12.0. The number of benzene rings is 1. The summed E-state index contributed by atoms with van der Waals surface area (Å²) in [4.78, 5) is 16.4. The van der Waals surface area contributed by atoms with Crippen LogP contribution in [0.25, 0.3) is 10.9 Å². The monoisotopic (exact) mass is 287 g/mol. The summed E-state index contributed by atoms with van der Waals surface area (Å²) in [6.45, 7) is 5.72. The van der Waals surface area contributed by atoms with E-state index in [0.29, 0.717) is 0 Å². The van der Waals surface area contributed by atoms with E-state index in [2.05, 4.69) is 15.6 Å². The van der Waals surface area contributed by atoms with Crippen molar-refractivity contribution in [2.75, 3.05) is 12.4 Å². The number of pyridine rings is 1. The van der Waals surface area contributed by atoms with Gasteiger partial charge in [-0.05, 0) is 32.9 Å². The number of carbonyl (C=O) groups excluding carboxylic acids is 1. The number of nitrogens with one attached hydrogen (secondary N) is 2. The second-order valence-electron chi connectivity index (χ2n) is 5.24. The zero-order chi connectivity index (χ0) is 15.4. The largest absolute Gasteiger partial charge is 0.494 e. The zero-order valence-electron chi connectivity index (χ0n) is 12.8. The van der Waals surface area contributed by atoms with E-state index in [0.717, 1.165) is 22.3 Å². The summed E-state index contributed by atoms with van der Waals surface area (Å²) in [5.41, 5.74) is 1.65. The minimum Gasteiger partial charge on any atom is -0.494 e. The Morgan fingerprint density at radius 2 is 2.00 bits per heavy atom. The summed E-state index contributed by atoms with van der Waals surface area (Å²) < 4.78 is 5.32. The van der Waals surface area contributed by atoms with Gasteiger partial charge in [0.15, 0.2) is 0 Å². The molecule has 21 heavy (non-hydrogen) atoms. The van der Waals surface area contributed by atoms with Crippen molar-refractivity contribution in [2.45, 2.75) is 32.9 Å². The number of amides is 1. The minimum absolute atomic E-state index is 0.0298. The molecule has 1 amide bonds. The first-order valence-electron chi connectivity index (χ1n) is 7.01. The smallest absolute Gasteiger partial charge is 0.242 e. The van der Waals surface area contributed by atoms with Gasteiger partial charge < -0.3 is 15.4 Å². The highest BCUT2D eigenvalue weighted by Crippen LogP contribution is 2.28. The van der Waals surface area contributed by atoms with Crippen molar-refractivity contribution < 1.29 is 9.53 Å². The Morgan fingerprint density at radius 3 is 2.67 bits per heavy atom. The topological polar surface area (TPSA) is 63.2 Å². The van der Waals surface area contributed by atoms with Gasteiger partial charge in [0, 0.05) is 23.3 Å². The van der Waals surface area contributed by atoms with E-state index in [4.69, 9.17) is 4.74 Å². The molecule has 1 atom stereocenters. The molecule has 2 N–H and O–H groups in total. The van der Waals surface area contributed by atoms with Crippen LogP contribution in [0.3, 0.4) is 0 Å². The van der Waals surface area contributed by atoms with Crippen LogP contribution in [-0.4, -0.2) is 30.1 Å². The van der Waals surface area contributed by atoms with Gasteiger partial charge in [0.05, 0.1) is 7.11 Å². The Balaban J connectivity index is 2.28. The second-order valence-corrected chi connectivity index (χ2v) is 5.24. The van der Waals surface area contributed by atoms with Gasteiger partial charge in [0.1, 0.15) is 17.3 Å². The minimum atomic E-state index is -0.329. The Kier molecular flexibility index (Phi) is 4.62. The highest BCUT2D eigenvalue weighted by Gasteiger charge is 2.15. The van der Waals surface area contributed by atoms with E-state index in [9.17, 15) is 4.79 Å². The summed E-state index contributed by atoms with van der Waals surface area (Å²) in [6, 6.07) is 7.39. The Labute approximate surface area is 124 Å². The molecule has 1 aromatic carbocycles. The zero-order valence-corrected chi connectivity index (χ0v) is 12.8. The molecule has 0 aliphatic carbocycles. The predicted octanol–water partition coefficient (Wildman–Crippen LogP) is 2.57. The van der Waals surface area contributed by atoms with Crippen LogP contribution in [0, 0.1) is 0 Å². The maximum absolute atomic E-state index is 12.0. The Bertz CT molecular complexity index is 640. The number of para-hydroxylation sites is 1. The van der Waals surface area contributed by atoms with E-state index < -0.39 is 0 Å². The average molecular weight is 287 g/mol. The van der Waals surface area contributed by atoms with Crippen LogP contribution in [0.1, 0.15) is 20.8 Å². The van der Waals surface area contributed by atoms with Gasteiger partial charge in [-0.1, -0.05) is 12.1 Å². The number of carbonyl (C=O) groups is 1. The number of anilines is 1. The highest BCUT2D eigenvalue weighted by molar-refractivity contribution is 5.96. The van der Waals surface area contributed by atoms with E-state index in [1.807, 2.05) is 45.0 Å². The first kappa shape index (κ1) is 15.1. The van der Waals surface area contributed by atoms with Crippen molar-refractivity contribution in [3.05, 3.63) is 30.5 Å². The molecule has 0 aliphatic heterocycles. The number of methoxy groups -OCH3 is 1. The van der Waals surface area contributed by atoms with Crippen LogP contribution >= 0.6 is 0 Å². The molecule has 5 heteroatoms. The van der Waals surface area contributed by atoms with Gasteiger partial charge >= 0.3 is 0 Å². The first-order chi connectivity index (χ1) is 10.0. The van der Waals surface area contributed by atoms with Crippen LogP contribution in [-0.2, 0) is 4.79 Å². The number of aromatic nitrogens is 1. The lowest BCUT2D eigenvalue weighted by Gasteiger charge is -2.18. The molecule has 0 saturated carbocycles. The molecule has 2 aromatic rings. The Hall–Kier alpha value is -2.30. The van der Waals surface area contributed by atoms with Gasteiger partial charge in [-0.3, -0.25) is 9.78 Å². The number of ether oxygens (including phenoxy) is 1. The van der Waals surface area contributed by atoms with Crippen molar-refractivity contribution in [1.29, 1.82) is 0 Å². The third-order valence-corrected chi connectivity index (χ3v) is 3.15. The van der Waals surface area contributed by atoms with Crippen molar-refractivity contribution in [2.24, 2.45) is 0 Å². The normalized spacial score (nSPS) is 12.2. The molecule has 0 unspecified atom stereocenters. The third kappa shape index (κ3) is 3.42. The number of nitrogens with zero attached hydrogens (tertiary/aromatic N) is 1. The van der Waals surface area contributed by atoms with Gasteiger partial charge in [-0.2, -0.15) is 0 Å². The fourth-order valence-corrected chi connectivity index (χ4v) is 2.15. The lowest BCUT2D eigenvalue weighted by Crippen LogP contribution is -2.41. The average Bonchev–Trinajstić information content (AvgIpc) is 2.46. The fraction of sp³-hybridized carbons (Fsp3) is 0.375. The van der Waals surface area contributed by atoms with E-state index in [1.165, 1.54) is 0 Å². The molecule has 0 radical (unpaired) electrons. The molecular formula is C16H21N3O2. The van der Waals surface area contributed by atoms with E-state index >= 15 is 0 Å². The summed E-state index contributed by atoms with van der Waals surface area (Å²) >= 11 is 0. The van der Waals surface area contributed by atoms with Gasteiger partial charge in [-0.15, -0.1) is 0 Å². The predicted molar refractivity (Wildman–Crippen MR) is 84.7 cm³/mol. The summed E-state index contributed by atoms with van der Waals surface area (Å²) in [7, 11) is 1.62. The molecule has 5 nitrogen and oxygen atoms in total. The SMILES string of the molecule is COc1cccc2c(N[C@H](C)C(=O)NC(C)C)ccnc12. The van der Waals surface area contributed by atoms with Crippen molar-refractivity contribution in [3.8, 4) is 5.75 Å². The molecular weight excluding hydrogens is 266 g/mol. The van der Waals surface area contributed by atoms with Gasteiger partial charge in [0.25, 0.3) is 0 Å². The van der Waals surface area contributed by atoms with Crippen LogP contribution in [0.5, 0.6) is 5.75 Å². The summed E-state index contributed by atoms with van der Waals surface area (Å²) in [5, 5.41) is 7.06. The fourth-order valence-electron chi connectivity index (χ4n) is 2.15. The van der Waals surface area contributed by atoms with Crippen molar-refractivity contribution >= 4 is 22.5 Å². The third-order valence-electron chi connectivity index (χ3n) is 3.15. The van der Waals surface area contributed by atoms with Gasteiger partial charge in [0.2, 0.25) is 5.91 Å². The van der Waals surface area contributed by atoms with Gasteiger partial charge in [-0.25, -0.2) is 0 Å². The summed E-state index contributed by atoms with van der Waals surface area (Å²) in [5.74, 6) is 0.688. The molecule has 1 heterocycles.